The fourth-order valence-electron chi connectivity index (χ4n) is 2.89. The van der Waals surface area contributed by atoms with Crippen molar-refractivity contribution in [1.82, 2.24) is 4.90 Å². The molecule has 1 aromatic carbocycles. The Morgan fingerprint density at radius 3 is 2.42 bits per heavy atom. The third-order valence-corrected chi connectivity index (χ3v) is 6.58. The Bertz CT molecular complexity index is 830. The number of nitrogens with zero attached hydrogens (tertiary/aromatic N) is 1. The normalized spacial score (nSPS) is 20.9. The van der Waals surface area contributed by atoms with Crippen molar-refractivity contribution in [1.29, 1.82) is 0 Å². The number of hydrogen-bond donors (Lipinski definition) is 1. The maximum Gasteiger partial charge on any atom is 0.411 e. The number of ether oxygens (including phenoxy) is 1. The molecule has 1 amide bonds. The zero-order valence-corrected chi connectivity index (χ0v) is 16.6. The lowest BCUT2D eigenvalue weighted by Crippen LogP contribution is -2.43. The molecule has 26 heavy (non-hydrogen) atoms. The van der Waals surface area contributed by atoms with Gasteiger partial charge < -0.3 is 9.84 Å². The summed E-state index contributed by atoms with van der Waals surface area (Å²) in [5.41, 5.74) is -0.343. The fourth-order valence-corrected chi connectivity index (χ4v) is 5.03. The highest BCUT2D eigenvalue weighted by Crippen LogP contribution is 2.31. The highest BCUT2D eigenvalue weighted by atomic mass is 35.5. The molecule has 2 atom stereocenters. The van der Waals surface area contributed by atoms with E-state index in [2.05, 4.69) is 0 Å². The van der Waals surface area contributed by atoms with Crippen molar-refractivity contribution in [3.05, 3.63) is 28.8 Å². The summed E-state index contributed by atoms with van der Waals surface area (Å²) < 4.78 is 31.2. The number of carboxylic acids is 1. The number of benzene rings is 1. The molecule has 1 fully saturated rings. The van der Waals surface area contributed by atoms with Crippen LogP contribution >= 0.6 is 11.6 Å². The van der Waals surface area contributed by atoms with Crippen LogP contribution in [0.2, 0.25) is 5.02 Å². The molecule has 1 N–H and O–H groups in total. The largest absolute Gasteiger partial charge is 0.480 e. The van der Waals surface area contributed by atoms with Gasteiger partial charge in [0.2, 0.25) is 0 Å². The number of hydrogen-bond acceptors (Lipinski definition) is 5. The van der Waals surface area contributed by atoms with Crippen LogP contribution in [0.15, 0.2) is 23.1 Å². The van der Waals surface area contributed by atoms with Crippen LogP contribution in [-0.4, -0.2) is 53.9 Å². The summed E-state index contributed by atoms with van der Waals surface area (Å²) in [6, 6.07) is 3.15. The summed E-state index contributed by atoms with van der Waals surface area (Å²) in [4.78, 5) is 24.9. The number of likely N-dealkylation sites (tertiary alicyclic amines) is 1. The Morgan fingerprint density at radius 2 is 1.92 bits per heavy atom. The average molecular weight is 404 g/mol. The lowest BCUT2D eigenvalue weighted by molar-refractivity contribution is -0.142. The van der Waals surface area contributed by atoms with Gasteiger partial charge in [-0.15, -0.1) is 0 Å². The molecule has 9 heteroatoms. The smallest absolute Gasteiger partial charge is 0.411 e. The van der Waals surface area contributed by atoms with E-state index in [9.17, 15) is 23.1 Å². The van der Waals surface area contributed by atoms with Crippen molar-refractivity contribution >= 4 is 33.5 Å². The van der Waals surface area contributed by atoms with Gasteiger partial charge in [0, 0.05) is 11.6 Å². The lowest BCUT2D eigenvalue weighted by Gasteiger charge is -2.26. The summed E-state index contributed by atoms with van der Waals surface area (Å²) >= 11 is 5.88. The zero-order chi connectivity index (χ0) is 19.9. The van der Waals surface area contributed by atoms with Gasteiger partial charge in [0.25, 0.3) is 0 Å². The van der Waals surface area contributed by atoms with Crippen LogP contribution in [0.5, 0.6) is 0 Å². The number of carboxylic acid groups (broad SMARTS) is 1. The average Bonchev–Trinajstić information content (AvgIpc) is 2.91. The van der Waals surface area contributed by atoms with Crippen LogP contribution in [0.4, 0.5) is 4.79 Å². The molecule has 2 unspecified atom stereocenters. The SMILES string of the molecule is Cc1cc(Cl)ccc1S(=O)(=O)C1CC(C(=O)O)N(C(=O)OC(C)(C)C)C1. The number of aryl methyl sites for hydroxylation is 1. The Balaban J connectivity index is 2.34. The van der Waals surface area contributed by atoms with Crippen LogP contribution in [0.3, 0.4) is 0 Å². The standard InChI is InChI=1S/C17H22ClNO6S/c1-10-7-11(18)5-6-14(10)26(23,24)12-8-13(15(20)21)19(9-12)16(22)25-17(2,3)4/h5-7,12-13H,8-9H2,1-4H3,(H,20,21). The molecule has 0 saturated carbocycles. The maximum absolute atomic E-state index is 13.0. The van der Waals surface area contributed by atoms with Crippen LogP contribution in [-0.2, 0) is 19.4 Å². The van der Waals surface area contributed by atoms with Gasteiger partial charge >= 0.3 is 12.1 Å². The molecular formula is C17H22ClNO6S. The van der Waals surface area contributed by atoms with Crippen molar-refractivity contribution in [2.45, 2.75) is 55.9 Å². The first-order chi connectivity index (χ1) is 11.8. The predicted molar refractivity (Wildman–Crippen MR) is 96.1 cm³/mol. The number of aliphatic carboxylic acids is 1. The monoisotopic (exact) mass is 403 g/mol. The predicted octanol–water partition coefficient (Wildman–Crippen LogP) is 2.88. The van der Waals surface area contributed by atoms with Crippen LogP contribution in [0, 0.1) is 6.92 Å². The Kier molecular flexibility index (Phi) is 5.58. The molecule has 1 aliphatic heterocycles. The van der Waals surface area contributed by atoms with Gasteiger partial charge in [-0.25, -0.2) is 18.0 Å². The molecule has 0 spiro atoms. The minimum atomic E-state index is -3.83. The van der Waals surface area contributed by atoms with Crippen molar-refractivity contribution in [3.63, 3.8) is 0 Å². The first-order valence-corrected chi connectivity index (χ1v) is 9.98. The minimum Gasteiger partial charge on any atom is -0.480 e. The Morgan fingerprint density at radius 1 is 1.31 bits per heavy atom. The van der Waals surface area contributed by atoms with Gasteiger partial charge in [-0.1, -0.05) is 11.6 Å². The van der Waals surface area contributed by atoms with Crippen molar-refractivity contribution in [2.75, 3.05) is 6.54 Å². The third kappa shape index (κ3) is 4.29. The Hall–Kier alpha value is -1.80. The molecule has 0 aromatic heterocycles. The van der Waals surface area contributed by atoms with Crippen LogP contribution < -0.4 is 0 Å². The second-order valence-electron chi connectivity index (χ2n) is 7.30. The second kappa shape index (κ2) is 7.08. The molecule has 1 aromatic rings. The fraction of sp³-hybridized carbons (Fsp3) is 0.529. The summed E-state index contributed by atoms with van der Waals surface area (Å²) in [6.45, 7) is 6.34. The zero-order valence-electron chi connectivity index (χ0n) is 15.0. The molecule has 1 heterocycles. The van der Waals surface area contributed by atoms with Gasteiger partial charge in [0.1, 0.15) is 11.6 Å². The van der Waals surface area contributed by atoms with E-state index in [-0.39, 0.29) is 17.9 Å². The van der Waals surface area contributed by atoms with Gasteiger partial charge in [0.15, 0.2) is 9.84 Å². The van der Waals surface area contributed by atoms with Gasteiger partial charge in [-0.05, 0) is 57.9 Å². The van der Waals surface area contributed by atoms with Crippen molar-refractivity contribution in [2.24, 2.45) is 0 Å². The maximum atomic E-state index is 13.0. The van der Waals surface area contributed by atoms with Crippen molar-refractivity contribution < 1.29 is 27.9 Å². The molecule has 7 nitrogen and oxygen atoms in total. The molecule has 2 rings (SSSR count). The van der Waals surface area contributed by atoms with Crippen molar-refractivity contribution in [3.8, 4) is 0 Å². The summed E-state index contributed by atoms with van der Waals surface area (Å²) in [6.07, 6.45) is -1.03. The van der Waals surface area contributed by atoms with Gasteiger partial charge in [0.05, 0.1) is 10.1 Å². The molecular weight excluding hydrogens is 382 g/mol. The topological polar surface area (TPSA) is 101 Å². The van der Waals surface area contributed by atoms with E-state index in [4.69, 9.17) is 16.3 Å². The van der Waals surface area contributed by atoms with E-state index in [0.29, 0.717) is 10.6 Å². The highest BCUT2D eigenvalue weighted by molar-refractivity contribution is 7.92. The van der Waals surface area contributed by atoms with Gasteiger partial charge in [-0.2, -0.15) is 0 Å². The third-order valence-electron chi connectivity index (χ3n) is 4.06. The van der Waals surface area contributed by atoms with E-state index >= 15 is 0 Å². The lowest BCUT2D eigenvalue weighted by atomic mass is 10.2. The second-order valence-corrected chi connectivity index (χ2v) is 9.93. The number of carbonyl (C=O) groups excluding carboxylic acids is 1. The molecule has 0 aliphatic carbocycles. The summed E-state index contributed by atoms with van der Waals surface area (Å²) in [5, 5.41) is 8.79. The quantitative estimate of drug-likeness (QED) is 0.832. The van der Waals surface area contributed by atoms with E-state index in [1.54, 1.807) is 27.7 Å². The van der Waals surface area contributed by atoms with Crippen LogP contribution in [0.1, 0.15) is 32.8 Å². The number of halogens is 1. The van der Waals surface area contributed by atoms with E-state index in [1.807, 2.05) is 0 Å². The van der Waals surface area contributed by atoms with Gasteiger partial charge in [-0.3, -0.25) is 4.90 Å². The molecule has 0 radical (unpaired) electrons. The first kappa shape index (κ1) is 20.5. The Labute approximate surface area is 157 Å². The summed E-state index contributed by atoms with van der Waals surface area (Å²) in [5.74, 6) is -1.26. The molecule has 144 valence electrons. The van der Waals surface area contributed by atoms with Crippen LogP contribution in [0.25, 0.3) is 0 Å². The number of sulfone groups is 1. The molecule has 1 saturated heterocycles. The number of carbonyl (C=O) groups is 2. The highest BCUT2D eigenvalue weighted by Gasteiger charge is 2.47. The van der Waals surface area contributed by atoms with E-state index in [1.165, 1.54) is 18.2 Å². The molecule has 0 bridgehead atoms. The minimum absolute atomic E-state index is 0.0853. The number of rotatable bonds is 3. The molecule has 1 aliphatic rings. The first-order valence-electron chi connectivity index (χ1n) is 8.05. The number of amides is 1. The van der Waals surface area contributed by atoms with E-state index in [0.717, 1.165) is 4.90 Å². The summed E-state index contributed by atoms with van der Waals surface area (Å²) in [7, 11) is -3.83. The van der Waals surface area contributed by atoms with E-state index < -0.39 is 38.8 Å².